The maximum Gasteiger partial charge on any atom is 0.0629 e. The summed E-state index contributed by atoms with van der Waals surface area (Å²) in [6, 6.07) is 16.8. The van der Waals surface area contributed by atoms with Crippen molar-refractivity contribution in [2.45, 2.75) is 26.2 Å². The van der Waals surface area contributed by atoms with Gasteiger partial charge in [-0.3, -0.25) is 4.99 Å². The normalized spacial score (nSPS) is 18.2. The van der Waals surface area contributed by atoms with E-state index in [1.165, 1.54) is 22.5 Å². The number of hydrogen-bond donors (Lipinski definition) is 0. The summed E-state index contributed by atoms with van der Waals surface area (Å²) >= 11 is 0. The van der Waals surface area contributed by atoms with Gasteiger partial charge in [0.1, 0.15) is 0 Å². The number of fused-ring (bicyclic) bond motifs is 1. The van der Waals surface area contributed by atoms with Crippen molar-refractivity contribution in [3.05, 3.63) is 71.4 Å². The highest BCUT2D eigenvalue weighted by atomic mass is 15.2. The third-order valence-corrected chi connectivity index (χ3v) is 4.43. The number of aliphatic imine (C=N–C) groups is 1. The Hall–Kier alpha value is -2.35. The van der Waals surface area contributed by atoms with Gasteiger partial charge in [0.05, 0.1) is 5.69 Å². The standard InChI is InChI=1S/C20H22N2/c1-15-9-11-16(12-10-15)21-14-13-19-20(2,3)17-7-5-6-8-18(17)22(19)4/h5-14H,1-4H3. The van der Waals surface area contributed by atoms with E-state index in [-0.39, 0.29) is 5.41 Å². The Labute approximate surface area is 132 Å². The summed E-state index contributed by atoms with van der Waals surface area (Å²) in [5, 5.41) is 0. The molecular weight excluding hydrogens is 268 g/mol. The van der Waals surface area contributed by atoms with Gasteiger partial charge >= 0.3 is 0 Å². The third kappa shape index (κ3) is 2.45. The summed E-state index contributed by atoms with van der Waals surface area (Å²) in [5.74, 6) is 0. The van der Waals surface area contributed by atoms with Crippen LogP contribution in [0.3, 0.4) is 0 Å². The zero-order valence-corrected chi connectivity index (χ0v) is 13.7. The van der Waals surface area contributed by atoms with Gasteiger partial charge < -0.3 is 4.90 Å². The molecule has 3 rings (SSSR count). The van der Waals surface area contributed by atoms with E-state index >= 15 is 0 Å². The van der Waals surface area contributed by atoms with E-state index in [9.17, 15) is 0 Å². The second kappa shape index (κ2) is 5.45. The molecule has 2 aromatic carbocycles. The molecule has 0 bridgehead atoms. The Balaban J connectivity index is 1.90. The van der Waals surface area contributed by atoms with Crippen LogP contribution in [0.4, 0.5) is 11.4 Å². The molecule has 0 amide bonds. The van der Waals surface area contributed by atoms with Crippen LogP contribution in [0.25, 0.3) is 0 Å². The average molecular weight is 290 g/mol. The molecule has 1 aliphatic heterocycles. The Morgan fingerprint density at radius 1 is 1.00 bits per heavy atom. The van der Waals surface area contributed by atoms with Gasteiger partial charge in [-0.1, -0.05) is 49.7 Å². The third-order valence-electron chi connectivity index (χ3n) is 4.43. The predicted molar refractivity (Wildman–Crippen MR) is 95.3 cm³/mol. The van der Waals surface area contributed by atoms with Gasteiger partial charge in [0, 0.05) is 30.1 Å². The van der Waals surface area contributed by atoms with Crippen LogP contribution in [0.15, 0.2) is 65.3 Å². The maximum atomic E-state index is 4.55. The highest BCUT2D eigenvalue weighted by molar-refractivity contribution is 5.80. The van der Waals surface area contributed by atoms with Crippen LogP contribution in [0.1, 0.15) is 25.0 Å². The molecule has 0 atom stereocenters. The second-order valence-corrected chi connectivity index (χ2v) is 6.37. The van der Waals surface area contributed by atoms with Crippen molar-refractivity contribution >= 4 is 17.6 Å². The van der Waals surface area contributed by atoms with E-state index < -0.39 is 0 Å². The number of aryl methyl sites for hydroxylation is 1. The number of allylic oxidation sites excluding steroid dienone is 2. The number of hydrogen-bond acceptors (Lipinski definition) is 2. The zero-order valence-electron chi connectivity index (χ0n) is 13.7. The fourth-order valence-corrected chi connectivity index (χ4v) is 3.13. The van der Waals surface area contributed by atoms with Gasteiger partial charge in [-0.15, -0.1) is 0 Å². The predicted octanol–water partition coefficient (Wildman–Crippen LogP) is 5.01. The molecule has 0 aliphatic carbocycles. The Morgan fingerprint density at radius 3 is 2.36 bits per heavy atom. The molecule has 0 unspecified atom stereocenters. The minimum absolute atomic E-state index is 0.00460. The summed E-state index contributed by atoms with van der Waals surface area (Å²) in [5.41, 5.74) is 6.16. The van der Waals surface area contributed by atoms with Crippen LogP contribution < -0.4 is 4.90 Å². The van der Waals surface area contributed by atoms with Crippen molar-refractivity contribution in [3.8, 4) is 0 Å². The molecule has 1 heterocycles. The zero-order chi connectivity index (χ0) is 15.7. The van der Waals surface area contributed by atoms with Crippen molar-refractivity contribution in [2.75, 3.05) is 11.9 Å². The SMILES string of the molecule is Cc1ccc(N=CC=C2N(C)c3ccccc3C2(C)C)cc1. The number of benzene rings is 2. The smallest absolute Gasteiger partial charge is 0.0629 e. The quantitative estimate of drug-likeness (QED) is 0.710. The van der Waals surface area contributed by atoms with Crippen molar-refractivity contribution < 1.29 is 0 Å². The van der Waals surface area contributed by atoms with E-state index in [2.05, 4.69) is 80.2 Å². The molecule has 0 N–H and O–H groups in total. The summed E-state index contributed by atoms with van der Waals surface area (Å²) in [6.45, 7) is 6.62. The van der Waals surface area contributed by atoms with E-state index in [0.29, 0.717) is 0 Å². The molecule has 0 radical (unpaired) electrons. The van der Waals surface area contributed by atoms with E-state index in [1.54, 1.807) is 0 Å². The molecule has 0 spiro atoms. The van der Waals surface area contributed by atoms with Gasteiger partial charge in [-0.25, -0.2) is 0 Å². The molecule has 0 saturated carbocycles. The molecule has 112 valence electrons. The molecule has 0 saturated heterocycles. The van der Waals surface area contributed by atoms with Gasteiger partial charge in [0.15, 0.2) is 0 Å². The average Bonchev–Trinajstić information content (AvgIpc) is 2.70. The minimum Gasteiger partial charge on any atom is -0.347 e. The number of para-hydroxylation sites is 1. The lowest BCUT2D eigenvalue weighted by atomic mass is 9.84. The van der Waals surface area contributed by atoms with Gasteiger partial charge in [0.25, 0.3) is 0 Å². The van der Waals surface area contributed by atoms with E-state index in [4.69, 9.17) is 0 Å². The highest BCUT2D eigenvalue weighted by Gasteiger charge is 2.37. The van der Waals surface area contributed by atoms with E-state index in [1.807, 2.05) is 18.3 Å². The molecule has 22 heavy (non-hydrogen) atoms. The van der Waals surface area contributed by atoms with Crippen molar-refractivity contribution in [2.24, 2.45) is 4.99 Å². The topological polar surface area (TPSA) is 15.6 Å². The molecular formula is C20H22N2. The van der Waals surface area contributed by atoms with Crippen LogP contribution in [0.5, 0.6) is 0 Å². The van der Waals surface area contributed by atoms with Crippen LogP contribution >= 0.6 is 0 Å². The Bertz CT molecular complexity index is 737. The highest BCUT2D eigenvalue weighted by Crippen LogP contribution is 2.46. The summed E-state index contributed by atoms with van der Waals surface area (Å²) in [6.07, 6.45) is 4.03. The lowest BCUT2D eigenvalue weighted by Crippen LogP contribution is -2.22. The number of anilines is 1. The molecule has 2 heteroatoms. The first-order valence-corrected chi connectivity index (χ1v) is 7.65. The summed E-state index contributed by atoms with van der Waals surface area (Å²) in [4.78, 5) is 6.81. The van der Waals surface area contributed by atoms with Crippen molar-refractivity contribution in [1.29, 1.82) is 0 Å². The van der Waals surface area contributed by atoms with Gasteiger partial charge in [0.2, 0.25) is 0 Å². The Morgan fingerprint density at radius 2 is 1.68 bits per heavy atom. The minimum atomic E-state index is 0.00460. The number of rotatable bonds is 2. The Kier molecular flexibility index (Phi) is 3.61. The number of likely N-dealkylation sites (N-methyl/N-ethyl adjacent to an activating group) is 1. The fourth-order valence-electron chi connectivity index (χ4n) is 3.13. The lowest BCUT2D eigenvalue weighted by molar-refractivity contribution is 0.641. The van der Waals surface area contributed by atoms with Crippen LogP contribution in [0, 0.1) is 6.92 Å². The summed E-state index contributed by atoms with van der Waals surface area (Å²) < 4.78 is 0. The largest absolute Gasteiger partial charge is 0.347 e. The van der Waals surface area contributed by atoms with E-state index in [0.717, 1.165) is 5.69 Å². The molecule has 1 aliphatic rings. The summed E-state index contributed by atoms with van der Waals surface area (Å²) in [7, 11) is 2.12. The molecule has 0 fully saturated rings. The second-order valence-electron chi connectivity index (χ2n) is 6.37. The van der Waals surface area contributed by atoms with Crippen molar-refractivity contribution in [1.82, 2.24) is 0 Å². The van der Waals surface area contributed by atoms with Crippen molar-refractivity contribution in [3.63, 3.8) is 0 Å². The van der Waals surface area contributed by atoms with Gasteiger partial charge in [-0.2, -0.15) is 0 Å². The molecule has 2 nitrogen and oxygen atoms in total. The first kappa shape index (κ1) is 14.6. The first-order valence-electron chi connectivity index (χ1n) is 7.65. The van der Waals surface area contributed by atoms with Crippen LogP contribution in [-0.4, -0.2) is 13.3 Å². The lowest BCUT2D eigenvalue weighted by Gasteiger charge is -2.23. The fraction of sp³-hybridized carbons (Fsp3) is 0.250. The molecule has 0 aromatic heterocycles. The monoisotopic (exact) mass is 290 g/mol. The number of nitrogens with zero attached hydrogens (tertiary/aromatic N) is 2. The first-order chi connectivity index (χ1) is 10.5. The van der Waals surface area contributed by atoms with Crippen LogP contribution in [0.2, 0.25) is 0 Å². The van der Waals surface area contributed by atoms with Gasteiger partial charge in [-0.05, 0) is 36.8 Å². The molecule has 2 aromatic rings. The van der Waals surface area contributed by atoms with Crippen LogP contribution in [-0.2, 0) is 5.41 Å². The maximum absolute atomic E-state index is 4.55.